The van der Waals surface area contributed by atoms with Crippen LogP contribution in [-0.4, -0.2) is 36.6 Å². The van der Waals surface area contributed by atoms with Crippen LogP contribution in [0, 0.1) is 16.7 Å². The van der Waals surface area contributed by atoms with Gasteiger partial charge in [-0.1, -0.05) is 13.0 Å². The first-order valence-electron chi connectivity index (χ1n) is 9.95. The number of nitrogens with zero attached hydrogens (tertiary/aromatic N) is 2. The van der Waals surface area contributed by atoms with E-state index in [-0.39, 0.29) is 18.6 Å². The normalized spacial score (nSPS) is 16.6. The van der Waals surface area contributed by atoms with Gasteiger partial charge in [-0.05, 0) is 54.8 Å². The van der Waals surface area contributed by atoms with Crippen molar-refractivity contribution in [2.45, 2.75) is 26.3 Å². The smallest absolute Gasteiger partial charge is 0.253 e. The first-order chi connectivity index (χ1) is 14.5. The zero-order chi connectivity index (χ0) is 21.1. The quantitative estimate of drug-likeness (QED) is 0.845. The second-order valence-corrected chi connectivity index (χ2v) is 7.91. The second kappa shape index (κ2) is 8.07. The van der Waals surface area contributed by atoms with Crippen molar-refractivity contribution in [2.75, 3.05) is 19.9 Å². The topological polar surface area (TPSA) is 91.7 Å². The molecule has 2 aliphatic rings. The van der Waals surface area contributed by atoms with Crippen molar-refractivity contribution in [1.29, 1.82) is 5.26 Å². The van der Waals surface area contributed by atoms with Gasteiger partial charge in [-0.3, -0.25) is 9.59 Å². The lowest BCUT2D eigenvalue weighted by atomic mass is 9.79. The third-order valence-electron chi connectivity index (χ3n) is 5.85. The number of fused-ring (bicyclic) bond motifs is 1. The van der Waals surface area contributed by atoms with E-state index in [0.717, 1.165) is 11.3 Å². The first kappa shape index (κ1) is 19.8. The Morgan fingerprint density at radius 1 is 1.10 bits per heavy atom. The molecule has 0 aromatic heterocycles. The number of hydrogen-bond acceptors (Lipinski definition) is 5. The summed E-state index contributed by atoms with van der Waals surface area (Å²) in [7, 11) is 0. The highest BCUT2D eigenvalue weighted by atomic mass is 16.7. The summed E-state index contributed by atoms with van der Waals surface area (Å²) < 4.78 is 10.7. The van der Waals surface area contributed by atoms with Crippen molar-refractivity contribution >= 4 is 11.8 Å². The predicted octanol–water partition coefficient (Wildman–Crippen LogP) is 2.85. The molecule has 0 aliphatic carbocycles. The minimum Gasteiger partial charge on any atom is -0.454 e. The molecule has 154 valence electrons. The monoisotopic (exact) mass is 405 g/mol. The average Bonchev–Trinajstić information content (AvgIpc) is 3.25. The molecular formula is C23H23N3O4. The molecule has 0 spiro atoms. The molecule has 2 aromatic rings. The van der Waals surface area contributed by atoms with Gasteiger partial charge in [0.25, 0.3) is 5.91 Å². The predicted molar refractivity (Wildman–Crippen MR) is 109 cm³/mol. The van der Waals surface area contributed by atoms with E-state index in [0.29, 0.717) is 49.4 Å². The Morgan fingerprint density at radius 2 is 1.80 bits per heavy atom. The number of amides is 2. The molecule has 0 atom stereocenters. The standard InChI is InChI=1S/C23H23N3O4/c1-23(22(28)25-14-17-4-7-19-20(12-17)30-15-29-19)8-10-26(11-9-23)21(27)18-5-2-16(13-24)3-6-18/h2-7,12H,8-11,14-15H2,1H3,(H,25,28). The molecule has 1 N–H and O–H groups in total. The molecule has 1 saturated heterocycles. The number of carbonyl (C=O) groups is 2. The molecule has 0 saturated carbocycles. The van der Waals surface area contributed by atoms with E-state index >= 15 is 0 Å². The lowest BCUT2D eigenvalue weighted by molar-refractivity contribution is -0.132. The van der Waals surface area contributed by atoms with Crippen LogP contribution in [0.5, 0.6) is 11.5 Å². The van der Waals surface area contributed by atoms with Gasteiger partial charge in [-0.2, -0.15) is 5.26 Å². The van der Waals surface area contributed by atoms with Crippen LogP contribution in [0.3, 0.4) is 0 Å². The summed E-state index contributed by atoms with van der Waals surface area (Å²) in [5, 5.41) is 11.9. The van der Waals surface area contributed by atoms with Crippen molar-refractivity contribution in [1.82, 2.24) is 10.2 Å². The molecule has 2 amide bonds. The van der Waals surface area contributed by atoms with Gasteiger partial charge in [0.15, 0.2) is 11.5 Å². The Hall–Kier alpha value is -3.53. The largest absolute Gasteiger partial charge is 0.454 e. The number of nitriles is 1. The van der Waals surface area contributed by atoms with Gasteiger partial charge in [0.05, 0.1) is 11.6 Å². The van der Waals surface area contributed by atoms with E-state index in [2.05, 4.69) is 5.32 Å². The van der Waals surface area contributed by atoms with Crippen molar-refractivity contribution in [3.63, 3.8) is 0 Å². The number of nitrogens with one attached hydrogen (secondary N) is 1. The van der Waals surface area contributed by atoms with Crippen LogP contribution in [0.1, 0.15) is 41.3 Å². The Balaban J connectivity index is 1.32. The lowest BCUT2D eigenvalue weighted by Crippen LogP contribution is -2.48. The Labute approximate surface area is 175 Å². The van der Waals surface area contributed by atoms with Gasteiger partial charge in [-0.25, -0.2) is 0 Å². The van der Waals surface area contributed by atoms with E-state index in [9.17, 15) is 9.59 Å². The van der Waals surface area contributed by atoms with Gasteiger partial charge >= 0.3 is 0 Å². The molecule has 4 rings (SSSR count). The summed E-state index contributed by atoms with van der Waals surface area (Å²) >= 11 is 0. The van der Waals surface area contributed by atoms with E-state index in [4.69, 9.17) is 14.7 Å². The molecule has 2 aromatic carbocycles. The number of likely N-dealkylation sites (tertiary alicyclic amines) is 1. The highest BCUT2D eigenvalue weighted by Crippen LogP contribution is 2.34. The minimum atomic E-state index is -0.516. The van der Waals surface area contributed by atoms with Gasteiger partial charge in [0.1, 0.15) is 0 Å². The van der Waals surface area contributed by atoms with Crippen LogP contribution in [0.2, 0.25) is 0 Å². The van der Waals surface area contributed by atoms with Crippen LogP contribution in [0.4, 0.5) is 0 Å². The summed E-state index contributed by atoms with van der Waals surface area (Å²) in [6.45, 7) is 3.63. The maximum atomic E-state index is 12.8. The van der Waals surface area contributed by atoms with Crippen LogP contribution in [-0.2, 0) is 11.3 Å². The highest BCUT2D eigenvalue weighted by molar-refractivity contribution is 5.94. The van der Waals surface area contributed by atoms with Crippen LogP contribution in [0.25, 0.3) is 0 Å². The molecular weight excluding hydrogens is 382 g/mol. The summed E-state index contributed by atoms with van der Waals surface area (Å²) in [6, 6.07) is 14.3. The Morgan fingerprint density at radius 3 is 2.50 bits per heavy atom. The van der Waals surface area contributed by atoms with Crippen molar-refractivity contribution in [3.05, 3.63) is 59.2 Å². The molecule has 0 radical (unpaired) electrons. The van der Waals surface area contributed by atoms with E-state index in [1.807, 2.05) is 31.2 Å². The first-order valence-corrected chi connectivity index (χ1v) is 9.95. The summed E-state index contributed by atoms with van der Waals surface area (Å²) in [4.78, 5) is 27.3. The lowest BCUT2D eigenvalue weighted by Gasteiger charge is -2.38. The maximum Gasteiger partial charge on any atom is 0.253 e. The Kier molecular flexibility index (Phi) is 5.32. The molecule has 1 fully saturated rings. The summed E-state index contributed by atoms with van der Waals surface area (Å²) in [6.07, 6.45) is 1.20. The molecule has 2 aliphatic heterocycles. The maximum absolute atomic E-state index is 12.8. The fourth-order valence-electron chi connectivity index (χ4n) is 3.75. The number of carbonyl (C=O) groups excluding carboxylic acids is 2. The van der Waals surface area contributed by atoms with Crippen LogP contribution in [0.15, 0.2) is 42.5 Å². The third-order valence-corrected chi connectivity index (χ3v) is 5.85. The highest BCUT2D eigenvalue weighted by Gasteiger charge is 2.38. The van der Waals surface area contributed by atoms with Gasteiger partial charge in [0.2, 0.25) is 12.7 Å². The van der Waals surface area contributed by atoms with Crippen molar-refractivity contribution in [3.8, 4) is 17.6 Å². The van der Waals surface area contributed by atoms with Crippen LogP contribution >= 0.6 is 0 Å². The molecule has 0 bridgehead atoms. The number of hydrogen-bond donors (Lipinski definition) is 1. The minimum absolute atomic E-state index is 0.00867. The van der Waals surface area contributed by atoms with E-state index in [1.54, 1.807) is 29.2 Å². The molecule has 2 heterocycles. The van der Waals surface area contributed by atoms with Crippen LogP contribution < -0.4 is 14.8 Å². The molecule has 30 heavy (non-hydrogen) atoms. The fraction of sp³-hybridized carbons (Fsp3) is 0.348. The van der Waals surface area contributed by atoms with Gasteiger partial charge in [0, 0.05) is 30.6 Å². The number of rotatable bonds is 4. The van der Waals surface area contributed by atoms with Crippen molar-refractivity contribution < 1.29 is 19.1 Å². The Bertz CT molecular complexity index is 1000. The third kappa shape index (κ3) is 3.94. The molecule has 7 nitrogen and oxygen atoms in total. The van der Waals surface area contributed by atoms with Gasteiger partial charge in [-0.15, -0.1) is 0 Å². The SMILES string of the molecule is CC1(C(=O)NCc2ccc3c(c2)OCO3)CCN(C(=O)c2ccc(C#N)cc2)CC1. The zero-order valence-corrected chi connectivity index (χ0v) is 16.8. The fourth-order valence-corrected chi connectivity index (χ4v) is 3.75. The summed E-state index contributed by atoms with van der Waals surface area (Å²) in [5.74, 6) is 1.34. The number of ether oxygens (including phenoxy) is 2. The second-order valence-electron chi connectivity index (χ2n) is 7.91. The van der Waals surface area contributed by atoms with E-state index in [1.165, 1.54) is 0 Å². The van der Waals surface area contributed by atoms with E-state index < -0.39 is 5.41 Å². The van der Waals surface area contributed by atoms with Gasteiger partial charge < -0.3 is 19.7 Å². The molecule has 0 unspecified atom stereocenters. The average molecular weight is 405 g/mol. The molecule has 7 heteroatoms. The number of benzene rings is 2. The summed E-state index contributed by atoms with van der Waals surface area (Å²) in [5.41, 5.74) is 1.52. The zero-order valence-electron chi connectivity index (χ0n) is 16.8. The number of piperidine rings is 1. The van der Waals surface area contributed by atoms with Crippen molar-refractivity contribution in [2.24, 2.45) is 5.41 Å².